The maximum atomic E-state index is 11.2. The van der Waals surface area contributed by atoms with Crippen LogP contribution < -0.4 is 10.6 Å². The fraction of sp³-hybridized carbons (Fsp3) is 0.857. The number of hydrogen-bond acceptors (Lipinski definition) is 3. The summed E-state index contributed by atoms with van der Waals surface area (Å²) in [5.74, 6) is -0.103. The van der Waals surface area contributed by atoms with Crippen molar-refractivity contribution in [3.05, 3.63) is 0 Å². The van der Waals surface area contributed by atoms with Crippen molar-refractivity contribution in [1.82, 2.24) is 10.6 Å². The first kappa shape index (κ1) is 10.4. The van der Waals surface area contributed by atoms with Gasteiger partial charge in [0, 0.05) is 6.54 Å². The van der Waals surface area contributed by atoms with Gasteiger partial charge in [0.05, 0.1) is 12.1 Å². The smallest absolute Gasteiger partial charge is 0.239 e. The summed E-state index contributed by atoms with van der Waals surface area (Å²) in [6, 6.07) is 0. The van der Waals surface area contributed by atoms with Gasteiger partial charge in [-0.15, -0.1) is 0 Å². The van der Waals surface area contributed by atoms with E-state index in [1.165, 1.54) is 0 Å². The quantitative estimate of drug-likeness (QED) is 0.499. The zero-order chi connectivity index (χ0) is 8.91. The molecule has 0 radical (unpaired) electrons. The Morgan fingerprint density at radius 3 is 2.45 bits per heavy atom. The van der Waals surface area contributed by atoms with E-state index in [1.54, 1.807) is 20.9 Å². The highest BCUT2D eigenvalue weighted by Gasteiger charge is 2.23. The van der Waals surface area contributed by atoms with Crippen LogP contribution >= 0.6 is 0 Å². The van der Waals surface area contributed by atoms with E-state index >= 15 is 0 Å². The molecule has 0 aliphatic heterocycles. The molecule has 66 valence electrons. The van der Waals surface area contributed by atoms with E-state index in [2.05, 4.69) is 10.6 Å². The molecule has 0 aliphatic rings. The number of aliphatic hydroxyl groups excluding tert-OH is 1. The minimum atomic E-state index is -0.560. The van der Waals surface area contributed by atoms with Gasteiger partial charge in [-0.05, 0) is 20.9 Å². The minimum Gasteiger partial charge on any atom is -0.395 e. The Hall–Kier alpha value is -0.610. The van der Waals surface area contributed by atoms with Crippen LogP contribution in [0.1, 0.15) is 13.8 Å². The first-order valence-electron chi connectivity index (χ1n) is 3.62. The van der Waals surface area contributed by atoms with Crippen molar-refractivity contribution in [1.29, 1.82) is 0 Å². The lowest BCUT2D eigenvalue weighted by Crippen LogP contribution is -2.51. The maximum Gasteiger partial charge on any atom is 0.239 e. The Morgan fingerprint density at radius 1 is 1.55 bits per heavy atom. The van der Waals surface area contributed by atoms with Crippen LogP contribution in [0.2, 0.25) is 0 Å². The summed E-state index contributed by atoms with van der Waals surface area (Å²) >= 11 is 0. The molecule has 4 heteroatoms. The Morgan fingerprint density at radius 2 is 2.09 bits per heavy atom. The second-order valence-corrected chi connectivity index (χ2v) is 2.85. The van der Waals surface area contributed by atoms with Crippen LogP contribution in [0.4, 0.5) is 0 Å². The molecule has 0 aromatic heterocycles. The van der Waals surface area contributed by atoms with Gasteiger partial charge in [0.2, 0.25) is 5.91 Å². The SMILES string of the molecule is CNC(C)(C)C(=O)NCCO. The summed E-state index contributed by atoms with van der Waals surface area (Å²) in [4.78, 5) is 11.2. The van der Waals surface area contributed by atoms with Crippen molar-refractivity contribution in [2.75, 3.05) is 20.2 Å². The molecule has 0 aliphatic carbocycles. The molecular formula is C7H16N2O2. The Bertz CT molecular complexity index is 134. The van der Waals surface area contributed by atoms with Crippen LogP contribution in [-0.2, 0) is 4.79 Å². The first-order valence-corrected chi connectivity index (χ1v) is 3.62. The molecule has 3 N–H and O–H groups in total. The molecule has 0 rings (SSSR count). The molecule has 0 heterocycles. The van der Waals surface area contributed by atoms with Crippen LogP contribution in [0.15, 0.2) is 0 Å². The fourth-order valence-corrected chi connectivity index (χ4v) is 0.504. The van der Waals surface area contributed by atoms with E-state index in [0.717, 1.165) is 0 Å². The number of aliphatic hydroxyl groups is 1. The number of carbonyl (C=O) groups excluding carboxylic acids is 1. The fourth-order valence-electron chi connectivity index (χ4n) is 0.504. The van der Waals surface area contributed by atoms with Gasteiger partial charge in [-0.25, -0.2) is 0 Å². The van der Waals surface area contributed by atoms with Crippen molar-refractivity contribution < 1.29 is 9.90 Å². The van der Waals surface area contributed by atoms with E-state index in [4.69, 9.17) is 5.11 Å². The lowest BCUT2D eigenvalue weighted by molar-refractivity contribution is -0.126. The van der Waals surface area contributed by atoms with E-state index < -0.39 is 5.54 Å². The molecule has 0 saturated heterocycles. The van der Waals surface area contributed by atoms with Gasteiger partial charge < -0.3 is 15.7 Å². The van der Waals surface area contributed by atoms with E-state index in [-0.39, 0.29) is 12.5 Å². The van der Waals surface area contributed by atoms with Crippen molar-refractivity contribution in [2.24, 2.45) is 0 Å². The first-order chi connectivity index (χ1) is 5.04. The number of carbonyl (C=O) groups is 1. The molecule has 11 heavy (non-hydrogen) atoms. The van der Waals surface area contributed by atoms with E-state index in [9.17, 15) is 4.79 Å². The van der Waals surface area contributed by atoms with Crippen molar-refractivity contribution >= 4 is 5.91 Å². The molecule has 0 unspecified atom stereocenters. The van der Waals surface area contributed by atoms with Gasteiger partial charge in [-0.2, -0.15) is 0 Å². The van der Waals surface area contributed by atoms with Gasteiger partial charge in [0.15, 0.2) is 0 Å². The summed E-state index contributed by atoms with van der Waals surface area (Å²) in [7, 11) is 1.72. The van der Waals surface area contributed by atoms with Crippen LogP contribution in [-0.4, -0.2) is 36.8 Å². The number of nitrogens with one attached hydrogen (secondary N) is 2. The number of hydrogen-bond donors (Lipinski definition) is 3. The number of likely N-dealkylation sites (N-methyl/N-ethyl adjacent to an activating group) is 1. The van der Waals surface area contributed by atoms with Gasteiger partial charge in [-0.1, -0.05) is 0 Å². The van der Waals surface area contributed by atoms with Crippen LogP contribution in [0.25, 0.3) is 0 Å². The molecule has 0 spiro atoms. The summed E-state index contributed by atoms with van der Waals surface area (Å²) < 4.78 is 0. The van der Waals surface area contributed by atoms with Crippen LogP contribution in [0.3, 0.4) is 0 Å². The average molecular weight is 160 g/mol. The van der Waals surface area contributed by atoms with Gasteiger partial charge in [0.25, 0.3) is 0 Å². The largest absolute Gasteiger partial charge is 0.395 e. The third-order valence-corrected chi connectivity index (χ3v) is 1.59. The highest BCUT2D eigenvalue weighted by molar-refractivity contribution is 5.85. The zero-order valence-electron chi connectivity index (χ0n) is 7.27. The second-order valence-electron chi connectivity index (χ2n) is 2.85. The zero-order valence-corrected chi connectivity index (χ0v) is 7.27. The lowest BCUT2D eigenvalue weighted by atomic mass is 10.1. The predicted octanol–water partition coefficient (Wildman–Crippen LogP) is -0.907. The standard InChI is InChI=1S/C7H16N2O2/c1-7(2,8-3)6(11)9-4-5-10/h8,10H,4-5H2,1-3H3,(H,9,11). The molecule has 0 aromatic carbocycles. The van der Waals surface area contributed by atoms with Crippen molar-refractivity contribution in [3.8, 4) is 0 Å². The average Bonchev–Trinajstić information content (AvgIpc) is 2.00. The van der Waals surface area contributed by atoms with Gasteiger partial charge in [-0.3, -0.25) is 4.79 Å². The molecule has 1 amide bonds. The predicted molar refractivity (Wildman–Crippen MR) is 43.2 cm³/mol. The number of amides is 1. The van der Waals surface area contributed by atoms with Crippen molar-refractivity contribution in [2.45, 2.75) is 19.4 Å². The summed E-state index contributed by atoms with van der Waals surface area (Å²) in [5.41, 5.74) is -0.560. The molecule has 0 bridgehead atoms. The molecular weight excluding hydrogens is 144 g/mol. The van der Waals surface area contributed by atoms with E-state index in [1.807, 2.05) is 0 Å². The third kappa shape index (κ3) is 3.34. The second kappa shape index (κ2) is 4.31. The summed E-state index contributed by atoms with van der Waals surface area (Å²) in [6.07, 6.45) is 0. The van der Waals surface area contributed by atoms with Crippen LogP contribution in [0, 0.1) is 0 Å². The highest BCUT2D eigenvalue weighted by atomic mass is 16.3. The molecule has 0 fully saturated rings. The highest BCUT2D eigenvalue weighted by Crippen LogP contribution is 1.98. The Balaban J connectivity index is 3.82. The maximum absolute atomic E-state index is 11.2. The molecule has 0 saturated carbocycles. The minimum absolute atomic E-state index is 0.0223. The van der Waals surface area contributed by atoms with E-state index in [0.29, 0.717) is 6.54 Å². The Kier molecular flexibility index (Phi) is 4.07. The van der Waals surface area contributed by atoms with Gasteiger partial charge >= 0.3 is 0 Å². The normalized spacial score (nSPS) is 11.3. The third-order valence-electron chi connectivity index (χ3n) is 1.59. The molecule has 0 aromatic rings. The number of rotatable bonds is 4. The van der Waals surface area contributed by atoms with Crippen molar-refractivity contribution in [3.63, 3.8) is 0 Å². The topological polar surface area (TPSA) is 61.4 Å². The lowest BCUT2D eigenvalue weighted by Gasteiger charge is -2.22. The summed E-state index contributed by atoms with van der Waals surface area (Å²) in [6.45, 7) is 3.84. The monoisotopic (exact) mass is 160 g/mol. The van der Waals surface area contributed by atoms with Crippen LogP contribution in [0.5, 0.6) is 0 Å². The molecule has 0 atom stereocenters. The molecule has 4 nitrogen and oxygen atoms in total. The Labute approximate surface area is 67.0 Å². The van der Waals surface area contributed by atoms with Gasteiger partial charge in [0.1, 0.15) is 0 Å². The summed E-state index contributed by atoms with van der Waals surface area (Å²) in [5, 5.41) is 13.8.